The van der Waals surface area contributed by atoms with Crippen LogP contribution < -0.4 is 0 Å². The van der Waals surface area contributed by atoms with Crippen LogP contribution in [0.5, 0.6) is 0 Å². The summed E-state index contributed by atoms with van der Waals surface area (Å²) in [6, 6.07) is 0.456. The van der Waals surface area contributed by atoms with Crippen molar-refractivity contribution in [3.63, 3.8) is 0 Å². The lowest BCUT2D eigenvalue weighted by atomic mass is 9.80. The van der Waals surface area contributed by atoms with E-state index in [4.69, 9.17) is 0 Å². The molecule has 0 aromatic carbocycles. The first kappa shape index (κ1) is 18.7. The summed E-state index contributed by atoms with van der Waals surface area (Å²) in [6.07, 6.45) is 13.2. The van der Waals surface area contributed by atoms with Crippen LogP contribution in [0.15, 0.2) is 0 Å². The van der Waals surface area contributed by atoms with Gasteiger partial charge in [0.15, 0.2) is 0 Å². The Bertz CT molecular complexity index is 449. The van der Waals surface area contributed by atoms with Crippen LogP contribution in [0.3, 0.4) is 0 Å². The van der Waals surface area contributed by atoms with Gasteiger partial charge in [-0.25, -0.2) is 0 Å². The molecule has 0 radical (unpaired) electrons. The van der Waals surface area contributed by atoms with Crippen molar-refractivity contribution < 1.29 is 9.59 Å². The summed E-state index contributed by atoms with van der Waals surface area (Å²) < 4.78 is 0. The van der Waals surface area contributed by atoms with Gasteiger partial charge in [0, 0.05) is 37.5 Å². The average Bonchev–Trinajstić information content (AvgIpc) is 2.96. The fourth-order valence-electron chi connectivity index (χ4n) is 5.09. The van der Waals surface area contributed by atoms with Crippen LogP contribution in [-0.2, 0) is 9.59 Å². The molecule has 0 spiro atoms. The largest absolute Gasteiger partial charge is 0.342 e. The van der Waals surface area contributed by atoms with E-state index in [1.165, 1.54) is 25.7 Å². The van der Waals surface area contributed by atoms with Crippen molar-refractivity contribution in [1.82, 2.24) is 9.80 Å². The van der Waals surface area contributed by atoms with Gasteiger partial charge in [-0.1, -0.05) is 19.8 Å². The minimum atomic E-state index is 0.167. The van der Waals surface area contributed by atoms with Crippen LogP contribution in [0.4, 0.5) is 0 Å². The summed E-state index contributed by atoms with van der Waals surface area (Å²) in [6.45, 7) is 5.05. The van der Waals surface area contributed by atoms with Crippen LogP contribution in [-0.4, -0.2) is 47.3 Å². The molecule has 2 aliphatic heterocycles. The molecular weight excluding hydrogens is 312 g/mol. The fourth-order valence-corrected chi connectivity index (χ4v) is 5.09. The zero-order valence-electron chi connectivity index (χ0n) is 16.0. The second kappa shape index (κ2) is 9.05. The molecule has 1 unspecified atom stereocenters. The molecule has 4 nitrogen and oxygen atoms in total. The Morgan fingerprint density at radius 3 is 1.88 bits per heavy atom. The molecule has 0 aromatic rings. The molecular formula is C21H36N2O2. The lowest BCUT2D eigenvalue weighted by Crippen LogP contribution is -2.47. The van der Waals surface area contributed by atoms with Crippen molar-refractivity contribution in [3.05, 3.63) is 0 Å². The van der Waals surface area contributed by atoms with Crippen LogP contribution in [0.1, 0.15) is 84.0 Å². The van der Waals surface area contributed by atoms with Gasteiger partial charge in [-0.3, -0.25) is 9.59 Å². The Labute approximate surface area is 153 Å². The first-order valence-corrected chi connectivity index (χ1v) is 10.8. The van der Waals surface area contributed by atoms with E-state index in [0.29, 0.717) is 17.9 Å². The predicted molar refractivity (Wildman–Crippen MR) is 100 cm³/mol. The zero-order chi connectivity index (χ0) is 17.6. The van der Waals surface area contributed by atoms with Gasteiger partial charge in [0.2, 0.25) is 11.8 Å². The van der Waals surface area contributed by atoms with Gasteiger partial charge in [-0.15, -0.1) is 0 Å². The molecule has 3 fully saturated rings. The van der Waals surface area contributed by atoms with Crippen LogP contribution in [0.2, 0.25) is 0 Å². The van der Waals surface area contributed by atoms with Gasteiger partial charge in [0.05, 0.1) is 0 Å². The average molecular weight is 349 g/mol. The van der Waals surface area contributed by atoms with Crippen molar-refractivity contribution in [2.75, 3.05) is 19.6 Å². The van der Waals surface area contributed by atoms with E-state index in [2.05, 4.69) is 16.7 Å². The van der Waals surface area contributed by atoms with Gasteiger partial charge in [-0.05, 0) is 64.2 Å². The van der Waals surface area contributed by atoms with Gasteiger partial charge in [-0.2, -0.15) is 0 Å². The summed E-state index contributed by atoms with van der Waals surface area (Å²) in [5.41, 5.74) is 0. The number of piperidine rings is 1. The smallest absolute Gasteiger partial charge is 0.225 e. The third kappa shape index (κ3) is 4.57. The summed E-state index contributed by atoms with van der Waals surface area (Å²) in [5, 5.41) is 0. The highest BCUT2D eigenvalue weighted by atomic mass is 16.2. The van der Waals surface area contributed by atoms with E-state index < -0.39 is 0 Å². The lowest BCUT2D eigenvalue weighted by molar-refractivity contribution is -0.143. The minimum Gasteiger partial charge on any atom is -0.342 e. The Balaban J connectivity index is 1.50. The maximum Gasteiger partial charge on any atom is 0.225 e. The molecule has 142 valence electrons. The highest BCUT2D eigenvalue weighted by Crippen LogP contribution is 2.33. The molecule has 1 saturated carbocycles. The third-order valence-corrected chi connectivity index (χ3v) is 6.72. The van der Waals surface area contributed by atoms with Crippen molar-refractivity contribution in [1.29, 1.82) is 0 Å². The normalized spacial score (nSPS) is 31.5. The summed E-state index contributed by atoms with van der Waals surface area (Å²) in [5.74, 6) is 1.09. The summed E-state index contributed by atoms with van der Waals surface area (Å²) in [7, 11) is 0. The quantitative estimate of drug-likeness (QED) is 0.774. The number of hydrogen-bond donors (Lipinski definition) is 0. The second-order valence-electron chi connectivity index (χ2n) is 8.38. The molecule has 0 bridgehead atoms. The summed E-state index contributed by atoms with van der Waals surface area (Å²) >= 11 is 0. The lowest BCUT2D eigenvalue weighted by Gasteiger charge is -2.39. The van der Waals surface area contributed by atoms with E-state index in [9.17, 15) is 9.59 Å². The van der Waals surface area contributed by atoms with Crippen molar-refractivity contribution in [2.45, 2.75) is 90.0 Å². The maximum atomic E-state index is 13.0. The van der Waals surface area contributed by atoms with E-state index in [1.807, 2.05) is 0 Å². The zero-order valence-corrected chi connectivity index (χ0v) is 16.0. The molecule has 0 aromatic heterocycles. The molecule has 2 heterocycles. The molecule has 0 N–H and O–H groups in total. The van der Waals surface area contributed by atoms with Crippen molar-refractivity contribution in [2.24, 2.45) is 11.8 Å². The molecule has 3 rings (SSSR count). The molecule has 1 atom stereocenters. The number of amides is 2. The number of hydrogen-bond acceptors (Lipinski definition) is 2. The molecule has 4 heteroatoms. The first-order chi connectivity index (χ1) is 12.2. The monoisotopic (exact) mass is 348 g/mol. The first-order valence-electron chi connectivity index (χ1n) is 10.8. The predicted octanol–water partition coefficient (Wildman–Crippen LogP) is 3.99. The number of carbonyl (C=O) groups is 2. The molecule has 2 amide bonds. The SMILES string of the molecule is CCC1CCCCN1C(=O)C1CCC(C(=O)N2CCCCCC2)CC1. The fraction of sp³-hybridized carbons (Fsp3) is 0.905. The molecule has 2 saturated heterocycles. The topological polar surface area (TPSA) is 40.6 Å². The minimum absolute atomic E-state index is 0.167. The second-order valence-corrected chi connectivity index (χ2v) is 8.38. The molecule has 3 aliphatic rings. The maximum absolute atomic E-state index is 13.0. The van der Waals surface area contributed by atoms with E-state index in [1.54, 1.807) is 0 Å². The molecule has 1 aliphatic carbocycles. The van der Waals surface area contributed by atoms with Gasteiger partial charge >= 0.3 is 0 Å². The number of nitrogens with zero attached hydrogens (tertiary/aromatic N) is 2. The van der Waals surface area contributed by atoms with E-state index in [-0.39, 0.29) is 11.8 Å². The standard InChI is InChI=1S/C21H36N2O2/c1-2-19-9-5-8-16-23(19)21(25)18-12-10-17(11-13-18)20(24)22-14-6-3-4-7-15-22/h17-19H,2-16H2,1H3. The van der Waals surface area contributed by atoms with E-state index >= 15 is 0 Å². The third-order valence-electron chi connectivity index (χ3n) is 6.72. The van der Waals surface area contributed by atoms with Crippen LogP contribution >= 0.6 is 0 Å². The van der Waals surface area contributed by atoms with Crippen LogP contribution in [0, 0.1) is 11.8 Å². The Kier molecular flexibility index (Phi) is 6.77. The van der Waals surface area contributed by atoms with Gasteiger partial charge in [0.1, 0.15) is 0 Å². The summed E-state index contributed by atoms with van der Waals surface area (Å²) in [4.78, 5) is 30.1. The van der Waals surface area contributed by atoms with E-state index in [0.717, 1.165) is 71.0 Å². The highest BCUT2D eigenvalue weighted by molar-refractivity contribution is 5.81. The Hall–Kier alpha value is -1.06. The number of rotatable bonds is 3. The number of likely N-dealkylation sites (tertiary alicyclic amines) is 2. The van der Waals surface area contributed by atoms with Crippen LogP contribution in [0.25, 0.3) is 0 Å². The Morgan fingerprint density at radius 1 is 0.720 bits per heavy atom. The van der Waals surface area contributed by atoms with Gasteiger partial charge < -0.3 is 9.80 Å². The van der Waals surface area contributed by atoms with Crippen molar-refractivity contribution in [3.8, 4) is 0 Å². The Morgan fingerprint density at radius 2 is 1.28 bits per heavy atom. The molecule has 25 heavy (non-hydrogen) atoms. The van der Waals surface area contributed by atoms with Gasteiger partial charge in [0.25, 0.3) is 0 Å². The highest BCUT2D eigenvalue weighted by Gasteiger charge is 2.36. The van der Waals surface area contributed by atoms with Crippen molar-refractivity contribution >= 4 is 11.8 Å². The number of carbonyl (C=O) groups excluding carboxylic acids is 2.